The topological polar surface area (TPSA) is 47.9 Å². The van der Waals surface area contributed by atoms with Crippen LogP contribution in [0.15, 0.2) is 41.6 Å². The summed E-state index contributed by atoms with van der Waals surface area (Å²) in [4.78, 5) is 17.7. The fourth-order valence-corrected chi connectivity index (χ4v) is 3.03. The average Bonchev–Trinajstić information content (AvgIpc) is 2.52. The smallest absolute Gasteiger partial charge is 0.338 e. The summed E-state index contributed by atoms with van der Waals surface area (Å²) >= 11 is 0. The third-order valence-corrected chi connectivity index (χ3v) is 4.10. The number of ether oxygens (including phenoxy) is 1. The third-order valence-electron chi connectivity index (χ3n) is 4.10. The van der Waals surface area contributed by atoms with E-state index in [4.69, 9.17) is 9.57 Å². The molecule has 0 aliphatic carbocycles. The molecule has 1 aliphatic rings. The molecule has 25 heavy (non-hydrogen) atoms. The second-order valence-corrected chi connectivity index (χ2v) is 6.46. The van der Waals surface area contributed by atoms with Gasteiger partial charge in [0.1, 0.15) is 13.2 Å². The molecule has 2 rings (SSSR count). The van der Waals surface area contributed by atoms with Gasteiger partial charge < -0.3 is 9.57 Å². The second-order valence-electron chi connectivity index (χ2n) is 6.46. The minimum atomic E-state index is -0.272. The maximum Gasteiger partial charge on any atom is 0.338 e. The van der Waals surface area contributed by atoms with E-state index in [9.17, 15) is 4.79 Å². The predicted molar refractivity (Wildman–Crippen MR) is 101 cm³/mol. The Morgan fingerprint density at radius 1 is 1.16 bits per heavy atom. The van der Waals surface area contributed by atoms with Crippen molar-refractivity contribution in [2.24, 2.45) is 5.16 Å². The Morgan fingerprint density at radius 2 is 1.92 bits per heavy atom. The minimum absolute atomic E-state index is 0.150. The summed E-state index contributed by atoms with van der Waals surface area (Å²) in [5, 5.41) is 4.11. The lowest BCUT2D eigenvalue weighted by Crippen LogP contribution is -2.18. The standard InChI is InChI=1S/C21H27NO3/c1-15-12-16(2)20-18(13-15)14-19(22-24-4)11-9-7-5-6-8-10-17(3)25-21(20)23/h6,8-9,11-13,17H,5,7,10,14H2,1-4H3/b8-6+,11-9+,22-19?. The Bertz CT molecular complexity index is 701. The molecule has 0 aromatic heterocycles. The van der Waals surface area contributed by atoms with Crippen LogP contribution in [-0.4, -0.2) is 24.9 Å². The number of rotatable bonds is 1. The van der Waals surface area contributed by atoms with E-state index in [2.05, 4.69) is 23.4 Å². The molecular weight excluding hydrogens is 314 g/mol. The first kappa shape index (κ1) is 19.0. The molecule has 4 heteroatoms. The largest absolute Gasteiger partial charge is 0.459 e. The lowest BCUT2D eigenvalue weighted by Gasteiger charge is -2.17. The van der Waals surface area contributed by atoms with E-state index in [1.807, 2.05) is 39.0 Å². The Hall–Kier alpha value is -2.36. The number of carbonyl (C=O) groups excluding carboxylic acids is 1. The van der Waals surface area contributed by atoms with Crippen molar-refractivity contribution in [1.82, 2.24) is 0 Å². The van der Waals surface area contributed by atoms with E-state index in [-0.39, 0.29) is 12.1 Å². The summed E-state index contributed by atoms with van der Waals surface area (Å²) in [5.41, 5.74) is 4.38. The van der Waals surface area contributed by atoms with Gasteiger partial charge in [0.2, 0.25) is 0 Å². The van der Waals surface area contributed by atoms with Crippen molar-refractivity contribution in [1.29, 1.82) is 0 Å². The number of esters is 1. The highest BCUT2D eigenvalue weighted by molar-refractivity contribution is 5.99. The van der Waals surface area contributed by atoms with Crippen molar-refractivity contribution in [3.63, 3.8) is 0 Å². The molecule has 4 nitrogen and oxygen atoms in total. The first-order valence-electron chi connectivity index (χ1n) is 8.74. The molecular formula is C21H27NO3. The molecule has 1 aromatic carbocycles. The van der Waals surface area contributed by atoms with Gasteiger partial charge in [-0.25, -0.2) is 4.79 Å². The van der Waals surface area contributed by atoms with Crippen molar-refractivity contribution in [2.45, 2.75) is 52.6 Å². The molecule has 1 aromatic rings. The van der Waals surface area contributed by atoms with Crippen LogP contribution >= 0.6 is 0 Å². The number of hydrogen-bond acceptors (Lipinski definition) is 4. The Morgan fingerprint density at radius 3 is 2.68 bits per heavy atom. The highest BCUT2D eigenvalue weighted by atomic mass is 16.6. The van der Waals surface area contributed by atoms with Gasteiger partial charge >= 0.3 is 5.97 Å². The van der Waals surface area contributed by atoms with Crippen molar-refractivity contribution in [3.8, 4) is 0 Å². The molecule has 0 spiro atoms. The quantitative estimate of drug-likeness (QED) is 0.423. The lowest BCUT2D eigenvalue weighted by molar-refractivity contribution is 0.0346. The van der Waals surface area contributed by atoms with Crippen molar-refractivity contribution < 1.29 is 14.4 Å². The molecule has 1 atom stereocenters. The highest BCUT2D eigenvalue weighted by Gasteiger charge is 2.19. The maximum atomic E-state index is 12.7. The zero-order chi connectivity index (χ0) is 18.2. The molecule has 0 radical (unpaired) electrons. The Balaban J connectivity index is 2.46. The monoisotopic (exact) mass is 341 g/mol. The molecule has 0 saturated carbocycles. The Kier molecular flexibility index (Phi) is 6.99. The summed E-state index contributed by atoms with van der Waals surface area (Å²) in [6, 6.07) is 4.04. The molecule has 1 aliphatic heterocycles. The first-order chi connectivity index (χ1) is 12.0. The van der Waals surface area contributed by atoms with Gasteiger partial charge in [-0.15, -0.1) is 0 Å². The first-order valence-corrected chi connectivity index (χ1v) is 8.74. The van der Waals surface area contributed by atoms with Crippen LogP contribution in [0, 0.1) is 13.8 Å². The van der Waals surface area contributed by atoms with Gasteiger partial charge in [0, 0.05) is 12.8 Å². The van der Waals surface area contributed by atoms with Crippen molar-refractivity contribution in [3.05, 3.63) is 58.7 Å². The van der Waals surface area contributed by atoms with E-state index in [1.165, 1.54) is 7.11 Å². The molecule has 0 bridgehead atoms. The summed E-state index contributed by atoms with van der Waals surface area (Å²) < 4.78 is 5.66. The fourth-order valence-electron chi connectivity index (χ4n) is 3.03. The van der Waals surface area contributed by atoms with Crippen LogP contribution in [0.2, 0.25) is 0 Å². The van der Waals surface area contributed by atoms with Gasteiger partial charge in [-0.05, 0) is 50.8 Å². The number of fused-ring (bicyclic) bond motifs is 1. The van der Waals surface area contributed by atoms with E-state index >= 15 is 0 Å². The fraction of sp³-hybridized carbons (Fsp3) is 0.429. The van der Waals surface area contributed by atoms with Gasteiger partial charge in [-0.3, -0.25) is 0 Å². The number of cyclic esters (lactones) is 1. The van der Waals surface area contributed by atoms with Crippen LogP contribution in [0.4, 0.5) is 0 Å². The number of benzene rings is 1. The molecule has 0 N–H and O–H groups in total. The number of nitrogens with zero attached hydrogens (tertiary/aromatic N) is 1. The van der Waals surface area contributed by atoms with Gasteiger partial charge in [-0.2, -0.15) is 0 Å². The van der Waals surface area contributed by atoms with Crippen LogP contribution in [0.5, 0.6) is 0 Å². The predicted octanol–water partition coefficient (Wildman–Crippen LogP) is 4.69. The van der Waals surface area contributed by atoms with E-state index in [1.54, 1.807) is 0 Å². The van der Waals surface area contributed by atoms with Crippen molar-refractivity contribution in [2.75, 3.05) is 7.11 Å². The van der Waals surface area contributed by atoms with Crippen LogP contribution in [-0.2, 0) is 16.0 Å². The lowest BCUT2D eigenvalue weighted by atomic mass is 9.95. The Labute approximate surface area is 150 Å². The number of hydrogen-bond donors (Lipinski definition) is 0. The normalized spacial score (nSPS) is 23.3. The van der Waals surface area contributed by atoms with Gasteiger partial charge in [0.25, 0.3) is 0 Å². The number of oxime groups is 1. The molecule has 0 fully saturated rings. The van der Waals surface area contributed by atoms with E-state index in [0.29, 0.717) is 12.0 Å². The third kappa shape index (κ3) is 5.59. The summed E-state index contributed by atoms with van der Waals surface area (Å²) in [5.74, 6) is -0.272. The molecule has 0 saturated heterocycles. The van der Waals surface area contributed by atoms with Crippen LogP contribution in [0.25, 0.3) is 0 Å². The molecule has 1 unspecified atom stereocenters. The summed E-state index contributed by atoms with van der Waals surface area (Å²) in [6.07, 6.45) is 11.3. The second kappa shape index (κ2) is 9.21. The van der Waals surface area contributed by atoms with Gasteiger partial charge in [0.15, 0.2) is 0 Å². The maximum absolute atomic E-state index is 12.7. The number of aryl methyl sites for hydroxylation is 2. The molecule has 134 valence electrons. The molecule has 1 heterocycles. The number of allylic oxidation sites excluding steroid dienone is 3. The van der Waals surface area contributed by atoms with Gasteiger partial charge in [-0.1, -0.05) is 41.1 Å². The van der Waals surface area contributed by atoms with Crippen LogP contribution in [0.3, 0.4) is 0 Å². The molecule has 0 amide bonds. The highest BCUT2D eigenvalue weighted by Crippen LogP contribution is 2.21. The zero-order valence-electron chi connectivity index (χ0n) is 15.5. The zero-order valence-corrected chi connectivity index (χ0v) is 15.5. The van der Waals surface area contributed by atoms with E-state index in [0.717, 1.165) is 41.7 Å². The minimum Gasteiger partial charge on any atom is -0.459 e. The average molecular weight is 341 g/mol. The SMILES string of the molecule is CON=C1/C=C/CC/C=C/CC(C)OC(=O)c2c(C)cc(C)cc2C1. The van der Waals surface area contributed by atoms with E-state index < -0.39 is 0 Å². The van der Waals surface area contributed by atoms with Crippen LogP contribution in [0.1, 0.15) is 53.2 Å². The summed E-state index contributed by atoms with van der Waals surface area (Å²) in [7, 11) is 1.53. The van der Waals surface area contributed by atoms with Crippen molar-refractivity contribution >= 4 is 11.7 Å². The number of carbonyl (C=O) groups is 1. The summed E-state index contributed by atoms with van der Waals surface area (Å²) in [6.45, 7) is 5.90. The van der Waals surface area contributed by atoms with Gasteiger partial charge in [0.05, 0.1) is 11.3 Å². The van der Waals surface area contributed by atoms with Crippen LogP contribution < -0.4 is 0 Å².